The predicted molar refractivity (Wildman–Crippen MR) is 58.4 cm³/mol. The number of thiophene rings is 1. The molecule has 0 saturated carbocycles. The Morgan fingerprint density at radius 2 is 2.00 bits per heavy atom. The minimum Gasteiger partial charge on any atom is -0.870 e. The maximum Gasteiger partial charge on any atom is 1.00 e. The van der Waals surface area contributed by atoms with Crippen molar-refractivity contribution in [3.63, 3.8) is 0 Å². The molecule has 6 heteroatoms. The summed E-state index contributed by atoms with van der Waals surface area (Å²) in [6.07, 6.45) is 0. The van der Waals surface area contributed by atoms with Gasteiger partial charge in [-0.3, -0.25) is 0 Å². The van der Waals surface area contributed by atoms with Gasteiger partial charge in [0.1, 0.15) is 4.88 Å². The summed E-state index contributed by atoms with van der Waals surface area (Å²) in [6.45, 7) is 0. The fourth-order valence-electron chi connectivity index (χ4n) is 1.11. The molecule has 0 radical (unpaired) electrons. The number of hydrogen-bond donors (Lipinski definition) is 1. The minimum atomic E-state index is -0.864. The molecule has 0 unspecified atom stereocenters. The molecule has 0 aliphatic heterocycles. The van der Waals surface area contributed by atoms with Crippen molar-refractivity contribution in [2.24, 2.45) is 0 Å². The van der Waals surface area contributed by atoms with Crippen LogP contribution >= 0.6 is 27.3 Å². The maximum absolute atomic E-state index is 10.7. The fourth-order valence-corrected chi connectivity index (χ4v) is 2.56. The van der Waals surface area contributed by atoms with Crippen LogP contribution in [0.25, 0.3) is 10.1 Å². The number of fused-ring (bicyclic) bond motifs is 1. The van der Waals surface area contributed by atoms with Gasteiger partial charge in [-0.1, -0.05) is 22.0 Å². The number of carboxylic acid groups (broad SMARTS) is 1. The molecule has 2 aromatic rings. The van der Waals surface area contributed by atoms with E-state index in [1.165, 1.54) is 11.3 Å². The van der Waals surface area contributed by atoms with E-state index in [2.05, 4.69) is 15.9 Å². The summed E-state index contributed by atoms with van der Waals surface area (Å²) >= 11 is 4.63. The third kappa shape index (κ3) is 3.27. The van der Waals surface area contributed by atoms with E-state index >= 15 is 0 Å². The van der Waals surface area contributed by atoms with Crippen molar-refractivity contribution in [2.75, 3.05) is 0 Å². The van der Waals surface area contributed by atoms with E-state index in [0.717, 1.165) is 14.6 Å². The topological polar surface area (TPSA) is 67.3 Å². The van der Waals surface area contributed by atoms with Crippen LogP contribution in [0, 0.1) is 0 Å². The zero-order valence-corrected chi connectivity index (χ0v) is 12.3. The van der Waals surface area contributed by atoms with Crippen LogP contribution in [0.2, 0.25) is 0 Å². The van der Waals surface area contributed by atoms with Crippen molar-refractivity contribution in [3.05, 3.63) is 33.6 Å². The van der Waals surface area contributed by atoms with E-state index in [1.54, 1.807) is 6.07 Å². The Morgan fingerprint density at radius 3 is 2.60 bits per heavy atom. The van der Waals surface area contributed by atoms with Gasteiger partial charge in [0.05, 0.1) is 0 Å². The molecule has 0 spiro atoms. The number of aromatic carboxylic acids is 1. The van der Waals surface area contributed by atoms with Crippen LogP contribution in [-0.2, 0) is 0 Å². The largest absolute Gasteiger partial charge is 1.00 e. The Labute approximate surface area is 121 Å². The zero-order chi connectivity index (χ0) is 9.42. The first-order chi connectivity index (χ1) is 6.16. The van der Waals surface area contributed by atoms with Gasteiger partial charge in [0, 0.05) is 9.17 Å². The molecule has 1 heterocycles. The van der Waals surface area contributed by atoms with Crippen LogP contribution in [0.1, 0.15) is 9.67 Å². The smallest absolute Gasteiger partial charge is 0.870 e. The van der Waals surface area contributed by atoms with E-state index in [-0.39, 0.29) is 35.0 Å². The molecule has 2 rings (SSSR count). The normalized spacial score (nSPS) is 9.13. The van der Waals surface area contributed by atoms with Gasteiger partial charge in [0.15, 0.2) is 0 Å². The summed E-state index contributed by atoms with van der Waals surface area (Å²) in [7, 11) is 0. The van der Waals surface area contributed by atoms with Gasteiger partial charge in [-0.05, 0) is 23.6 Å². The van der Waals surface area contributed by atoms with Crippen LogP contribution in [-0.4, -0.2) is 16.6 Å². The summed E-state index contributed by atoms with van der Waals surface area (Å²) in [4.78, 5) is 11.0. The van der Waals surface area contributed by atoms with Crippen LogP contribution < -0.4 is 29.6 Å². The van der Waals surface area contributed by atoms with Gasteiger partial charge in [-0.2, -0.15) is 0 Å². The molecular weight excluding hydrogens is 291 g/mol. The molecule has 0 amide bonds. The Kier molecular flexibility index (Phi) is 6.02. The van der Waals surface area contributed by atoms with E-state index in [1.807, 2.05) is 18.2 Å². The first kappa shape index (κ1) is 15.1. The monoisotopic (exact) mass is 296 g/mol. The molecule has 3 nitrogen and oxygen atoms in total. The molecule has 15 heavy (non-hydrogen) atoms. The maximum atomic E-state index is 10.7. The predicted octanol–water partition coefficient (Wildman–Crippen LogP) is 0.189. The summed E-state index contributed by atoms with van der Waals surface area (Å²) < 4.78 is 1.96. The number of rotatable bonds is 1. The van der Waals surface area contributed by atoms with E-state index in [9.17, 15) is 4.79 Å². The summed E-state index contributed by atoms with van der Waals surface area (Å²) in [5.41, 5.74) is 0. The first-order valence-corrected chi connectivity index (χ1v) is 5.20. The van der Waals surface area contributed by atoms with E-state index in [0.29, 0.717) is 4.88 Å². The number of benzene rings is 1. The molecule has 2 N–H and O–H groups in total. The Bertz CT molecular complexity index is 483. The van der Waals surface area contributed by atoms with E-state index in [4.69, 9.17) is 5.11 Å². The van der Waals surface area contributed by atoms with Crippen LogP contribution in [0.5, 0.6) is 0 Å². The van der Waals surface area contributed by atoms with Gasteiger partial charge in [-0.25, -0.2) is 4.79 Å². The van der Waals surface area contributed by atoms with Crippen molar-refractivity contribution in [3.8, 4) is 0 Å². The molecule has 0 atom stereocenters. The standard InChI is InChI=1S/C9H5BrO2S.Na.H2O/c10-6-2-1-5-3-8(9(11)12)13-7(5)4-6;;/h1-4H,(H,11,12);;1H2/q;+1;/p-1. The first-order valence-electron chi connectivity index (χ1n) is 3.59. The van der Waals surface area contributed by atoms with Crippen molar-refractivity contribution in [1.29, 1.82) is 0 Å². The number of carboxylic acids is 1. The third-order valence-electron chi connectivity index (χ3n) is 1.69. The molecule has 0 saturated heterocycles. The van der Waals surface area contributed by atoms with Gasteiger partial charge < -0.3 is 10.6 Å². The molecule has 74 valence electrons. The van der Waals surface area contributed by atoms with Crippen molar-refractivity contribution < 1.29 is 44.9 Å². The van der Waals surface area contributed by atoms with Gasteiger partial charge >= 0.3 is 35.5 Å². The van der Waals surface area contributed by atoms with Crippen LogP contribution in [0.15, 0.2) is 28.7 Å². The average molecular weight is 297 g/mol. The van der Waals surface area contributed by atoms with Crippen molar-refractivity contribution in [1.82, 2.24) is 0 Å². The second-order valence-electron chi connectivity index (χ2n) is 2.60. The Morgan fingerprint density at radius 1 is 1.33 bits per heavy atom. The zero-order valence-electron chi connectivity index (χ0n) is 7.90. The molecule has 0 aliphatic rings. The second kappa shape index (κ2) is 5.98. The van der Waals surface area contributed by atoms with Crippen molar-refractivity contribution >= 4 is 43.3 Å². The third-order valence-corrected chi connectivity index (χ3v) is 3.27. The number of hydrogen-bond acceptors (Lipinski definition) is 3. The minimum absolute atomic E-state index is 0. The molecule has 0 bridgehead atoms. The molecule has 1 aromatic carbocycles. The molecular formula is C9H6BrNaO3S. The molecule has 0 fully saturated rings. The number of carbonyl (C=O) groups is 1. The molecule has 1 aromatic heterocycles. The van der Waals surface area contributed by atoms with Crippen molar-refractivity contribution in [2.45, 2.75) is 0 Å². The second-order valence-corrected chi connectivity index (χ2v) is 4.60. The average Bonchev–Trinajstić information content (AvgIpc) is 2.46. The summed E-state index contributed by atoms with van der Waals surface area (Å²) in [6, 6.07) is 7.42. The quantitative estimate of drug-likeness (QED) is 0.764. The Hall–Kier alpha value is 0.0900. The van der Waals surface area contributed by atoms with Crippen LogP contribution in [0.3, 0.4) is 0 Å². The number of halogens is 1. The van der Waals surface area contributed by atoms with Gasteiger partial charge in [0.2, 0.25) is 0 Å². The summed E-state index contributed by atoms with van der Waals surface area (Å²) in [5, 5.41) is 9.73. The molecule has 0 aliphatic carbocycles. The summed E-state index contributed by atoms with van der Waals surface area (Å²) in [5.74, 6) is -0.864. The Balaban J connectivity index is 0.000000980. The fraction of sp³-hybridized carbons (Fsp3) is 0. The van der Waals surface area contributed by atoms with E-state index < -0.39 is 5.97 Å². The van der Waals surface area contributed by atoms with Gasteiger partial charge in [0.25, 0.3) is 0 Å². The van der Waals surface area contributed by atoms with Gasteiger partial charge in [-0.15, -0.1) is 11.3 Å². The van der Waals surface area contributed by atoms with Crippen LogP contribution in [0.4, 0.5) is 0 Å². The SMILES string of the molecule is O=C(O)c1cc2ccc(Br)cc2s1.[Na+].[OH-].